The molecule has 0 bridgehead atoms. The third kappa shape index (κ3) is 4.55. The number of likely N-dealkylation sites (tertiary alicyclic amines) is 1. The molecule has 1 unspecified atom stereocenters. The Labute approximate surface area is 176 Å². The first-order chi connectivity index (χ1) is 14.4. The molecule has 1 amide bonds. The maximum atomic E-state index is 13.2. The van der Waals surface area contributed by atoms with Crippen molar-refractivity contribution >= 4 is 21.6 Å². The van der Waals surface area contributed by atoms with Crippen molar-refractivity contribution in [3.63, 3.8) is 0 Å². The van der Waals surface area contributed by atoms with Gasteiger partial charge in [0, 0.05) is 18.8 Å². The van der Waals surface area contributed by atoms with Crippen molar-refractivity contribution < 1.29 is 17.6 Å². The zero-order chi connectivity index (χ0) is 21.1. The highest BCUT2D eigenvalue weighted by molar-refractivity contribution is 7.89. The fourth-order valence-corrected chi connectivity index (χ4v) is 5.86. The van der Waals surface area contributed by atoms with Crippen molar-refractivity contribution in [3.05, 3.63) is 59.9 Å². The highest BCUT2D eigenvalue weighted by atomic mass is 32.2. The highest BCUT2D eigenvalue weighted by Crippen LogP contribution is 2.27. The van der Waals surface area contributed by atoms with Crippen LogP contribution in [0.15, 0.2) is 53.4 Å². The Bertz CT molecular complexity index is 1000. The summed E-state index contributed by atoms with van der Waals surface area (Å²) >= 11 is 0. The Kier molecular flexibility index (Phi) is 6.17. The summed E-state index contributed by atoms with van der Waals surface area (Å²) in [6.07, 6.45) is 3.50. The predicted octanol–water partition coefficient (Wildman–Crippen LogP) is 3.21. The van der Waals surface area contributed by atoms with Gasteiger partial charge in [0.25, 0.3) is 0 Å². The molecule has 160 valence electrons. The molecular weight excluding hydrogens is 405 g/mol. The van der Waals surface area contributed by atoms with E-state index in [1.807, 2.05) is 24.3 Å². The van der Waals surface area contributed by atoms with Crippen molar-refractivity contribution in [2.24, 2.45) is 0 Å². The van der Waals surface area contributed by atoms with Gasteiger partial charge >= 0.3 is 0 Å². The van der Waals surface area contributed by atoms with Gasteiger partial charge in [0.15, 0.2) is 0 Å². The lowest BCUT2D eigenvalue weighted by molar-refractivity contribution is -0.119. The van der Waals surface area contributed by atoms with E-state index < -0.39 is 21.9 Å². The number of carbonyl (C=O) groups excluding carboxylic acids is 1. The second-order valence-electron chi connectivity index (χ2n) is 7.90. The van der Waals surface area contributed by atoms with Crippen LogP contribution in [0.25, 0.3) is 0 Å². The number of benzene rings is 2. The lowest BCUT2D eigenvalue weighted by Crippen LogP contribution is -2.43. The van der Waals surface area contributed by atoms with Gasteiger partial charge < -0.3 is 5.32 Å². The number of sulfonamides is 1. The molecule has 2 fully saturated rings. The van der Waals surface area contributed by atoms with Gasteiger partial charge in [-0.25, -0.2) is 12.8 Å². The van der Waals surface area contributed by atoms with Crippen molar-refractivity contribution in [2.45, 2.75) is 43.2 Å². The van der Waals surface area contributed by atoms with Gasteiger partial charge in [-0.3, -0.25) is 9.69 Å². The number of hydrogen-bond acceptors (Lipinski definition) is 4. The quantitative estimate of drug-likeness (QED) is 0.763. The van der Waals surface area contributed by atoms with E-state index in [-0.39, 0.29) is 17.3 Å². The normalized spacial score (nSPS) is 20.5. The number of rotatable bonds is 6. The van der Waals surface area contributed by atoms with E-state index in [9.17, 15) is 17.6 Å². The summed E-state index contributed by atoms with van der Waals surface area (Å²) in [6.45, 7) is 3.30. The van der Waals surface area contributed by atoms with Crippen molar-refractivity contribution in [1.29, 1.82) is 0 Å². The van der Waals surface area contributed by atoms with E-state index in [0.29, 0.717) is 18.5 Å². The average Bonchev–Trinajstić information content (AvgIpc) is 3.41. The molecule has 0 aromatic heterocycles. The van der Waals surface area contributed by atoms with E-state index >= 15 is 0 Å². The highest BCUT2D eigenvalue weighted by Gasteiger charge is 2.39. The van der Waals surface area contributed by atoms with E-state index in [4.69, 9.17) is 0 Å². The van der Waals surface area contributed by atoms with Gasteiger partial charge in [-0.15, -0.1) is 0 Å². The maximum Gasteiger partial charge on any atom is 0.243 e. The van der Waals surface area contributed by atoms with Gasteiger partial charge in [-0.2, -0.15) is 4.31 Å². The van der Waals surface area contributed by atoms with Crippen molar-refractivity contribution in [3.8, 4) is 0 Å². The number of carbonyl (C=O) groups is 1. The van der Waals surface area contributed by atoms with E-state index in [0.717, 1.165) is 37.3 Å². The Hall–Kier alpha value is -2.29. The minimum absolute atomic E-state index is 0.00351. The largest absolute Gasteiger partial charge is 0.325 e. The van der Waals surface area contributed by atoms with Gasteiger partial charge in [0.2, 0.25) is 15.9 Å². The van der Waals surface area contributed by atoms with E-state index in [1.165, 1.54) is 29.3 Å². The van der Waals surface area contributed by atoms with Crippen LogP contribution in [0.2, 0.25) is 0 Å². The summed E-state index contributed by atoms with van der Waals surface area (Å²) in [5.41, 5.74) is 1.79. The molecular formula is C22H26FN3O3S. The standard InChI is InChI=1S/C22H26FN3O3S/c23-18-8-10-20(11-9-18)30(28,29)26-14-4-7-21(26)22(27)24-19-6-3-5-17(15-19)16-25-12-1-2-13-25/h3,5-6,8-11,15,21H,1-2,4,7,12-14,16H2,(H,24,27). The molecule has 2 aliphatic rings. The first-order valence-corrected chi connectivity index (χ1v) is 11.8. The molecule has 0 spiro atoms. The molecule has 2 aromatic rings. The van der Waals surface area contributed by atoms with Gasteiger partial charge in [-0.05, 0) is 80.7 Å². The summed E-state index contributed by atoms with van der Waals surface area (Å²) in [5, 5.41) is 2.89. The number of nitrogens with zero attached hydrogens (tertiary/aromatic N) is 2. The number of nitrogens with one attached hydrogen (secondary N) is 1. The number of amides is 1. The molecule has 2 saturated heterocycles. The van der Waals surface area contributed by atoms with Crippen LogP contribution in [-0.4, -0.2) is 49.2 Å². The first-order valence-electron chi connectivity index (χ1n) is 10.3. The Morgan fingerprint density at radius 2 is 1.77 bits per heavy atom. The first kappa shape index (κ1) is 21.0. The Morgan fingerprint density at radius 3 is 2.50 bits per heavy atom. The second kappa shape index (κ2) is 8.83. The fraction of sp³-hybridized carbons (Fsp3) is 0.409. The molecule has 1 N–H and O–H groups in total. The molecule has 2 aromatic carbocycles. The SMILES string of the molecule is O=C(Nc1cccc(CN2CCCC2)c1)C1CCCN1S(=O)(=O)c1ccc(F)cc1. The average molecular weight is 432 g/mol. The Morgan fingerprint density at radius 1 is 1.03 bits per heavy atom. The minimum atomic E-state index is -3.87. The van der Waals surface area contributed by atoms with Crippen LogP contribution in [0.1, 0.15) is 31.2 Å². The minimum Gasteiger partial charge on any atom is -0.325 e. The van der Waals surface area contributed by atoms with Crippen LogP contribution in [0.4, 0.5) is 10.1 Å². The Balaban J connectivity index is 1.47. The van der Waals surface area contributed by atoms with Crippen LogP contribution >= 0.6 is 0 Å². The predicted molar refractivity (Wildman–Crippen MR) is 113 cm³/mol. The molecule has 4 rings (SSSR count). The van der Waals surface area contributed by atoms with Crippen LogP contribution in [0, 0.1) is 5.82 Å². The van der Waals surface area contributed by atoms with Crippen LogP contribution in [0.5, 0.6) is 0 Å². The van der Waals surface area contributed by atoms with Gasteiger partial charge in [0.05, 0.1) is 4.90 Å². The zero-order valence-corrected chi connectivity index (χ0v) is 17.6. The molecule has 2 heterocycles. The van der Waals surface area contributed by atoms with Crippen molar-refractivity contribution in [1.82, 2.24) is 9.21 Å². The topological polar surface area (TPSA) is 69.7 Å². The second-order valence-corrected chi connectivity index (χ2v) is 9.79. The summed E-state index contributed by atoms with van der Waals surface area (Å²) in [4.78, 5) is 15.3. The molecule has 0 aliphatic carbocycles. The summed E-state index contributed by atoms with van der Waals surface area (Å²) in [6, 6.07) is 11.6. The lowest BCUT2D eigenvalue weighted by atomic mass is 10.1. The molecule has 8 heteroatoms. The van der Waals surface area contributed by atoms with E-state index in [1.54, 1.807) is 0 Å². The smallest absolute Gasteiger partial charge is 0.243 e. The molecule has 2 aliphatic heterocycles. The zero-order valence-electron chi connectivity index (χ0n) is 16.8. The number of hydrogen-bond donors (Lipinski definition) is 1. The number of halogens is 1. The molecule has 1 atom stereocenters. The molecule has 0 saturated carbocycles. The third-order valence-corrected chi connectivity index (χ3v) is 7.65. The van der Waals surface area contributed by atoms with Gasteiger partial charge in [0.1, 0.15) is 11.9 Å². The summed E-state index contributed by atoms with van der Waals surface area (Å²) in [5.74, 6) is -0.838. The van der Waals surface area contributed by atoms with Crippen LogP contribution in [-0.2, 0) is 21.4 Å². The van der Waals surface area contributed by atoms with E-state index in [2.05, 4.69) is 10.2 Å². The van der Waals surface area contributed by atoms with Crippen molar-refractivity contribution in [2.75, 3.05) is 25.0 Å². The third-order valence-electron chi connectivity index (χ3n) is 5.73. The number of anilines is 1. The molecule has 6 nitrogen and oxygen atoms in total. The molecule has 0 radical (unpaired) electrons. The summed E-state index contributed by atoms with van der Waals surface area (Å²) in [7, 11) is -3.87. The van der Waals surface area contributed by atoms with Crippen LogP contribution < -0.4 is 5.32 Å². The van der Waals surface area contributed by atoms with Gasteiger partial charge in [-0.1, -0.05) is 12.1 Å². The monoisotopic (exact) mass is 431 g/mol. The lowest BCUT2D eigenvalue weighted by Gasteiger charge is -2.23. The fourth-order valence-electron chi connectivity index (χ4n) is 4.20. The summed E-state index contributed by atoms with van der Waals surface area (Å²) < 4.78 is 40.4. The van der Waals surface area contributed by atoms with Crippen LogP contribution in [0.3, 0.4) is 0 Å². The maximum absolute atomic E-state index is 13.2. The molecule has 30 heavy (non-hydrogen) atoms.